The van der Waals surface area contributed by atoms with Gasteiger partial charge in [-0.05, 0) is 65.7 Å². The fraction of sp³-hybridized carbons (Fsp3) is 0.308. The summed E-state index contributed by atoms with van der Waals surface area (Å²) < 4.78 is 14.2. The molecule has 3 amide bonds. The largest absolute Gasteiger partial charge is 0.332 e. The first-order chi connectivity index (χ1) is 16.2. The molecule has 0 aliphatic heterocycles. The standard InChI is InChI=1S/C26H29BrFN3O2S/c1-18(2)14-31(26(33)29-23-6-4-5-21(27)13-23)17-25(32)30(16-24-19(3)11-12-34-24)15-20-7-9-22(28)10-8-20/h4-13,18H,14-17H2,1-3H3,(H,29,33). The van der Waals surface area contributed by atoms with Crippen molar-refractivity contribution < 1.29 is 14.0 Å². The molecule has 2 aromatic carbocycles. The first-order valence-electron chi connectivity index (χ1n) is 11.1. The van der Waals surface area contributed by atoms with Crippen LogP contribution in [0, 0.1) is 18.7 Å². The average Bonchev–Trinajstić information content (AvgIpc) is 3.18. The number of thiophene rings is 1. The smallest absolute Gasteiger partial charge is 0.322 e. The van der Waals surface area contributed by atoms with Gasteiger partial charge in [0.05, 0.1) is 6.54 Å². The normalized spacial score (nSPS) is 10.9. The zero-order valence-corrected chi connectivity index (χ0v) is 22.0. The van der Waals surface area contributed by atoms with E-state index in [1.54, 1.807) is 39.3 Å². The summed E-state index contributed by atoms with van der Waals surface area (Å²) in [6.45, 7) is 7.19. The second-order valence-electron chi connectivity index (χ2n) is 8.62. The fourth-order valence-corrected chi connectivity index (χ4v) is 4.79. The number of anilines is 1. The predicted octanol–water partition coefficient (Wildman–Crippen LogP) is 6.68. The van der Waals surface area contributed by atoms with Crippen LogP contribution >= 0.6 is 27.3 Å². The van der Waals surface area contributed by atoms with Crippen molar-refractivity contribution in [1.82, 2.24) is 9.80 Å². The van der Waals surface area contributed by atoms with Gasteiger partial charge in [-0.25, -0.2) is 9.18 Å². The Labute approximate surface area is 212 Å². The molecule has 0 atom stereocenters. The van der Waals surface area contributed by atoms with Gasteiger partial charge in [0.15, 0.2) is 0 Å². The van der Waals surface area contributed by atoms with Gasteiger partial charge in [0.2, 0.25) is 5.91 Å². The summed E-state index contributed by atoms with van der Waals surface area (Å²) in [5, 5.41) is 4.89. The summed E-state index contributed by atoms with van der Waals surface area (Å²) in [4.78, 5) is 30.9. The first kappa shape index (κ1) is 25.9. The van der Waals surface area contributed by atoms with Crippen LogP contribution in [0.4, 0.5) is 14.9 Å². The Morgan fingerprint density at radius 3 is 2.41 bits per heavy atom. The average molecular weight is 547 g/mol. The number of urea groups is 1. The SMILES string of the molecule is Cc1ccsc1CN(Cc1ccc(F)cc1)C(=O)CN(CC(C)C)C(=O)Nc1cccc(Br)c1. The molecule has 0 saturated carbocycles. The Hall–Kier alpha value is -2.71. The molecule has 3 aromatic rings. The number of hydrogen-bond acceptors (Lipinski definition) is 3. The van der Waals surface area contributed by atoms with E-state index in [1.807, 2.05) is 50.4 Å². The molecule has 0 radical (unpaired) electrons. The second-order valence-corrected chi connectivity index (χ2v) is 10.5. The monoisotopic (exact) mass is 545 g/mol. The Bertz CT molecular complexity index is 1120. The zero-order valence-electron chi connectivity index (χ0n) is 19.6. The van der Waals surface area contributed by atoms with E-state index >= 15 is 0 Å². The lowest BCUT2D eigenvalue weighted by Gasteiger charge is -2.29. The number of carbonyl (C=O) groups excluding carboxylic acids is 2. The Morgan fingerprint density at radius 1 is 1.06 bits per heavy atom. The van der Waals surface area contributed by atoms with Crippen LogP contribution in [0.5, 0.6) is 0 Å². The van der Waals surface area contributed by atoms with Gasteiger partial charge in [-0.3, -0.25) is 4.79 Å². The van der Waals surface area contributed by atoms with Crippen LogP contribution in [-0.2, 0) is 17.9 Å². The van der Waals surface area contributed by atoms with Crippen molar-refractivity contribution in [2.45, 2.75) is 33.9 Å². The molecule has 8 heteroatoms. The third-order valence-electron chi connectivity index (χ3n) is 5.22. The highest BCUT2D eigenvalue weighted by molar-refractivity contribution is 9.10. The van der Waals surface area contributed by atoms with E-state index in [-0.39, 0.29) is 30.2 Å². The minimum Gasteiger partial charge on any atom is -0.332 e. The molecule has 180 valence electrons. The molecule has 0 unspecified atom stereocenters. The number of carbonyl (C=O) groups is 2. The van der Waals surface area contributed by atoms with Crippen molar-refractivity contribution in [2.24, 2.45) is 5.92 Å². The molecule has 1 N–H and O–H groups in total. The molecule has 3 rings (SSSR count). The van der Waals surface area contributed by atoms with Crippen LogP contribution in [0.2, 0.25) is 0 Å². The highest BCUT2D eigenvalue weighted by Gasteiger charge is 2.23. The van der Waals surface area contributed by atoms with Crippen LogP contribution in [0.25, 0.3) is 0 Å². The van der Waals surface area contributed by atoms with E-state index in [2.05, 4.69) is 21.2 Å². The van der Waals surface area contributed by atoms with E-state index in [0.717, 1.165) is 20.5 Å². The van der Waals surface area contributed by atoms with Crippen LogP contribution in [-0.4, -0.2) is 34.8 Å². The van der Waals surface area contributed by atoms with E-state index in [1.165, 1.54) is 12.1 Å². The molecule has 0 spiro atoms. The lowest BCUT2D eigenvalue weighted by Crippen LogP contribution is -2.45. The number of halogens is 2. The summed E-state index contributed by atoms with van der Waals surface area (Å²) in [5.41, 5.74) is 2.60. The van der Waals surface area contributed by atoms with Crippen molar-refractivity contribution >= 4 is 44.9 Å². The lowest BCUT2D eigenvalue weighted by molar-refractivity contribution is -0.133. The van der Waals surface area contributed by atoms with Crippen molar-refractivity contribution in [3.8, 4) is 0 Å². The van der Waals surface area contributed by atoms with Crippen LogP contribution in [0.1, 0.15) is 29.9 Å². The van der Waals surface area contributed by atoms with Crippen LogP contribution < -0.4 is 5.32 Å². The predicted molar refractivity (Wildman–Crippen MR) is 139 cm³/mol. The molecule has 1 heterocycles. The van der Waals surface area contributed by atoms with Crippen molar-refractivity contribution in [3.63, 3.8) is 0 Å². The highest BCUT2D eigenvalue weighted by atomic mass is 79.9. The molecule has 0 bridgehead atoms. The van der Waals surface area contributed by atoms with Crippen molar-refractivity contribution in [2.75, 3.05) is 18.4 Å². The number of rotatable bonds is 9. The molecule has 0 saturated heterocycles. The van der Waals surface area contributed by atoms with E-state index < -0.39 is 0 Å². The zero-order chi connectivity index (χ0) is 24.7. The molecule has 1 aromatic heterocycles. The number of aryl methyl sites for hydroxylation is 1. The number of amides is 3. The second kappa shape index (κ2) is 12.1. The van der Waals surface area contributed by atoms with E-state index in [9.17, 15) is 14.0 Å². The summed E-state index contributed by atoms with van der Waals surface area (Å²) in [7, 11) is 0. The van der Waals surface area contributed by atoms with Crippen molar-refractivity contribution in [3.05, 3.63) is 86.3 Å². The molecule has 0 aliphatic rings. The Morgan fingerprint density at radius 2 is 1.79 bits per heavy atom. The van der Waals surface area contributed by atoms with Crippen LogP contribution in [0.3, 0.4) is 0 Å². The number of nitrogens with zero attached hydrogens (tertiary/aromatic N) is 2. The molecule has 0 aliphatic carbocycles. The third kappa shape index (κ3) is 7.67. The maximum atomic E-state index is 13.5. The Balaban J connectivity index is 1.78. The third-order valence-corrected chi connectivity index (χ3v) is 6.72. The molecule has 34 heavy (non-hydrogen) atoms. The topological polar surface area (TPSA) is 52.7 Å². The van der Waals surface area contributed by atoms with Gasteiger partial charge in [-0.2, -0.15) is 0 Å². The van der Waals surface area contributed by atoms with Crippen molar-refractivity contribution in [1.29, 1.82) is 0 Å². The van der Waals surface area contributed by atoms with E-state index in [0.29, 0.717) is 25.3 Å². The van der Waals surface area contributed by atoms with Gasteiger partial charge in [-0.1, -0.05) is 48.0 Å². The van der Waals surface area contributed by atoms with Gasteiger partial charge in [-0.15, -0.1) is 11.3 Å². The lowest BCUT2D eigenvalue weighted by atomic mass is 10.2. The van der Waals surface area contributed by atoms with Gasteiger partial charge in [0.25, 0.3) is 0 Å². The number of benzene rings is 2. The van der Waals surface area contributed by atoms with Gasteiger partial charge in [0, 0.05) is 28.1 Å². The number of hydrogen-bond donors (Lipinski definition) is 1. The fourth-order valence-electron chi connectivity index (χ4n) is 3.47. The summed E-state index contributed by atoms with van der Waals surface area (Å²) >= 11 is 5.01. The summed E-state index contributed by atoms with van der Waals surface area (Å²) in [6.07, 6.45) is 0. The van der Waals surface area contributed by atoms with Gasteiger partial charge in [0.1, 0.15) is 12.4 Å². The summed E-state index contributed by atoms with van der Waals surface area (Å²) in [6, 6.07) is 15.2. The van der Waals surface area contributed by atoms with Crippen LogP contribution in [0.15, 0.2) is 64.5 Å². The number of nitrogens with one attached hydrogen (secondary N) is 1. The molecular weight excluding hydrogens is 517 g/mol. The minimum absolute atomic E-state index is 0.0520. The van der Waals surface area contributed by atoms with Gasteiger partial charge >= 0.3 is 6.03 Å². The molecule has 5 nitrogen and oxygen atoms in total. The quantitative estimate of drug-likeness (QED) is 0.326. The minimum atomic E-state index is -0.325. The maximum absolute atomic E-state index is 13.5. The Kier molecular flexibility index (Phi) is 9.24. The molecular formula is C26H29BrFN3O2S. The summed E-state index contributed by atoms with van der Waals surface area (Å²) in [5.74, 6) is -0.295. The molecule has 0 fully saturated rings. The first-order valence-corrected chi connectivity index (χ1v) is 12.7. The van der Waals surface area contributed by atoms with Gasteiger partial charge < -0.3 is 15.1 Å². The maximum Gasteiger partial charge on any atom is 0.322 e. The van der Waals surface area contributed by atoms with E-state index in [4.69, 9.17) is 0 Å². The highest BCUT2D eigenvalue weighted by Crippen LogP contribution is 2.21.